The zero-order chi connectivity index (χ0) is 16.7. The van der Waals surface area contributed by atoms with Gasteiger partial charge in [0.2, 0.25) is 0 Å². The van der Waals surface area contributed by atoms with Gasteiger partial charge in [-0.1, -0.05) is 44.6 Å². The summed E-state index contributed by atoms with van der Waals surface area (Å²) in [5.74, 6) is 0.976. The zero-order valence-electron chi connectivity index (χ0n) is 14.5. The molecule has 1 heterocycles. The van der Waals surface area contributed by atoms with Gasteiger partial charge in [-0.3, -0.25) is 4.79 Å². The highest BCUT2D eigenvalue weighted by molar-refractivity contribution is 5.75. The van der Waals surface area contributed by atoms with E-state index in [1.165, 1.54) is 32.1 Å². The number of cyclic esters (lactones) is 1. The molecule has 0 aromatic heterocycles. The first-order valence-electron chi connectivity index (χ1n) is 9.30. The van der Waals surface area contributed by atoms with Gasteiger partial charge in [-0.2, -0.15) is 0 Å². The first kappa shape index (κ1) is 18.5. The van der Waals surface area contributed by atoms with Crippen LogP contribution in [-0.2, 0) is 14.3 Å². The minimum Gasteiger partial charge on any atom is -0.459 e. The molecule has 2 fully saturated rings. The van der Waals surface area contributed by atoms with E-state index in [0.717, 1.165) is 31.6 Å². The molecule has 1 aliphatic carbocycles. The van der Waals surface area contributed by atoms with Gasteiger partial charge in [-0.25, -0.2) is 0 Å². The summed E-state index contributed by atoms with van der Waals surface area (Å²) in [6.07, 6.45) is 12.0. The molecule has 0 spiro atoms. The van der Waals surface area contributed by atoms with Crippen LogP contribution in [0, 0.1) is 11.8 Å². The fourth-order valence-electron chi connectivity index (χ4n) is 4.15. The van der Waals surface area contributed by atoms with Crippen LogP contribution in [0.3, 0.4) is 0 Å². The van der Waals surface area contributed by atoms with Crippen LogP contribution < -0.4 is 5.73 Å². The van der Waals surface area contributed by atoms with Crippen molar-refractivity contribution in [1.82, 2.24) is 0 Å². The molecule has 132 valence electrons. The van der Waals surface area contributed by atoms with Crippen molar-refractivity contribution in [3.05, 3.63) is 12.7 Å². The average Bonchev–Trinajstić information content (AvgIpc) is 3.03. The second-order valence-electron chi connectivity index (χ2n) is 7.27. The number of esters is 1. The molecule has 4 nitrogen and oxygen atoms in total. The first-order valence-corrected chi connectivity index (χ1v) is 9.30. The van der Waals surface area contributed by atoms with E-state index in [2.05, 4.69) is 6.58 Å². The number of rotatable bonds is 5. The van der Waals surface area contributed by atoms with Crippen molar-refractivity contribution in [2.75, 3.05) is 6.61 Å². The van der Waals surface area contributed by atoms with Crippen molar-refractivity contribution in [3.8, 4) is 0 Å². The van der Waals surface area contributed by atoms with Gasteiger partial charge in [-0.15, -0.1) is 6.58 Å². The Kier molecular flexibility index (Phi) is 7.57. The first-order chi connectivity index (χ1) is 11.1. The van der Waals surface area contributed by atoms with E-state index < -0.39 is 6.04 Å². The van der Waals surface area contributed by atoms with E-state index in [4.69, 9.17) is 15.2 Å². The molecule has 0 aromatic rings. The molecular formula is C19H33NO3. The Morgan fingerprint density at radius 1 is 1.22 bits per heavy atom. The molecule has 1 saturated heterocycles. The largest absolute Gasteiger partial charge is 0.459 e. The van der Waals surface area contributed by atoms with Crippen molar-refractivity contribution >= 4 is 5.97 Å². The van der Waals surface area contributed by atoms with Gasteiger partial charge >= 0.3 is 5.97 Å². The fourth-order valence-corrected chi connectivity index (χ4v) is 4.15. The maximum atomic E-state index is 12.1. The molecule has 0 amide bonds. The second-order valence-corrected chi connectivity index (χ2v) is 7.27. The summed E-state index contributed by atoms with van der Waals surface area (Å²) in [6.45, 7) is 6.19. The summed E-state index contributed by atoms with van der Waals surface area (Å²) in [5.41, 5.74) is 5.91. The highest BCUT2D eigenvalue weighted by Crippen LogP contribution is 2.35. The Morgan fingerprint density at radius 3 is 2.57 bits per heavy atom. The molecular weight excluding hydrogens is 290 g/mol. The third-order valence-corrected chi connectivity index (χ3v) is 5.39. The number of hydrogen-bond acceptors (Lipinski definition) is 4. The van der Waals surface area contributed by atoms with Crippen LogP contribution >= 0.6 is 0 Å². The monoisotopic (exact) mass is 323 g/mol. The lowest BCUT2D eigenvalue weighted by Crippen LogP contribution is -2.43. The zero-order valence-corrected chi connectivity index (χ0v) is 14.5. The Hall–Kier alpha value is -0.870. The molecule has 0 unspecified atom stereocenters. The molecule has 23 heavy (non-hydrogen) atoms. The van der Waals surface area contributed by atoms with E-state index in [-0.39, 0.29) is 18.2 Å². The molecule has 2 aliphatic rings. The lowest BCUT2D eigenvalue weighted by atomic mass is 9.83. The number of carbonyl (C=O) groups excluding carboxylic acids is 1. The second kappa shape index (κ2) is 9.43. The highest BCUT2D eigenvalue weighted by atomic mass is 16.6. The summed E-state index contributed by atoms with van der Waals surface area (Å²) in [4.78, 5) is 12.1. The van der Waals surface area contributed by atoms with E-state index in [1.54, 1.807) is 6.08 Å². The van der Waals surface area contributed by atoms with Crippen LogP contribution in [0.5, 0.6) is 0 Å². The predicted molar refractivity (Wildman–Crippen MR) is 92.0 cm³/mol. The maximum absolute atomic E-state index is 12.1. The minimum absolute atomic E-state index is 0.0529. The summed E-state index contributed by atoms with van der Waals surface area (Å²) < 4.78 is 11.7. The van der Waals surface area contributed by atoms with Crippen molar-refractivity contribution in [2.24, 2.45) is 17.6 Å². The normalized spacial score (nSPS) is 34.1. The predicted octanol–water partition coefficient (Wildman–Crippen LogP) is 3.59. The van der Waals surface area contributed by atoms with Crippen LogP contribution in [-0.4, -0.2) is 30.8 Å². The van der Waals surface area contributed by atoms with Crippen molar-refractivity contribution in [2.45, 2.75) is 83.0 Å². The van der Waals surface area contributed by atoms with Crippen LogP contribution in [0.4, 0.5) is 0 Å². The van der Waals surface area contributed by atoms with E-state index in [1.807, 2.05) is 6.92 Å². The minimum atomic E-state index is -0.496. The van der Waals surface area contributed by atoms with Gasteiger partial charge in [0, 0.05) is 0 Å². The Bertz CT molecular complexity index is 379. The van der Waals surface area contributed by atoms with Gasteiger partial charge < -0.3 is 15.2 Å². The van der Waals surface area contributed by atoms with Gasteiger partial charge in [0.1, 0.15) is 12.1 Å². The molecule has 0 bridgehead atoms. The number of carbonyl (C=O) groups is 1. The van der Waals surface area contributed by atoms with Gasteiger partial charge in [0.25, 0.3) is 0 Å². The fraction of sp³-hybridized carbons (Fsp3) is 0.842. The molecule has 2 rings (SSSR count). The van der Waals surface area contributed by atoms with Crippen molar-refractivity contribution < 1.29 is 14.3 Å². The standard InChI is InChI=1S/C19H33NO3/c1-3-12-22-18-14(2)23-19(21)17(20)11-7-6-10-16(18)13-15-8-4-5-9-15/h3,14-18H,1,4-13,20H2,2H3/t14-,16+,17-,18-/m0/s1. The third kappa shape index (κ3) is 5.61. The number of hydrogen-bond donors (Lipinski definition) is 1. The lowest BCUT2D eigenvalue weighted by Gasteiger charge is -2.34. The van der Waals surface area contributed by atoms with Crippen molar-refractivity contribution in [1.29, 1.82) is 0 Å². The van der Waals surface area contributed by atoms with Crippen LogP contribution in [0.2, 0.25) is 0 Å². The summed E-state index contributed by atoms with van der Waals surface area (Å²) in [5, 5.41) is 0. The molecule has 1 saturated carbocycles. The van der Waals surface area contributed by atoms with Crippen LogP contribution in [0.1, 0.15) is 64.7 Å². The quantitative estimate of drug-likeness (QED) is 0.620. The van der Waals surface area contributed by atoms with Gasteiger partial charge in [0.05, 0.1) is 12.7 Å². The highest BCUT2D eigenvalue weighted by Gasteiger charge is 2.34. The van der Waals surface area contributed by atoms with E-state index >= 15 is 0 Å². The van der Waals surface area contributed by atoms with Crippen LogP contribution in [0.15, 0.2) is 12.7 Å². The topological polar surface area (TPSA) is 61.5 Å². The smallest absolute Gasteiger partial charge is 0.323 e. The molecule has 2 N–H and O–H groups in total. The molecule has 0 radical (unpaired) electrons. The maximum Gasteiger partial charge on any atom is 0.323 e. The Balaban J connectivity index is 2.08. The molecule has 4 atom stereocenters. The number of nitrogens with two attached hydrogens (primary N) is 1. The average molecular weight is 323 g/mol. The van der Waals surface area contributed by atoms with E-state index in [9.17, 15) is 4.79 Å². The van der Waals surface area contributed by atoms with E-state index in [0.29, 0.717) is 12.5 Å². The third-order valence-electron chi connectivity index (χ3n) is 5.39. The van der Waals surface area contributed by atoms with Gasteiger partial charge in [-0.05, 0) is 38.0 Å². The van der Waals surface area contributed by atoms with Gasteiger partial charge in [0.15, 0.2) is 0 Å². The summed E-state index contributed by atoms with van der Waals surface area (Å²) >= 11 is 0. The molecule has 4 heteroatoms. The summed E-state index contributed by atoms with van der Waals surface area (Å²) in [7, 11) is 0. The number of ether oxygens (including phenoxy) is 2. The Morgan fingerprint density at radius 2 is 1.87 bits per heavy atom. The van der Waals surface area contributed by atoms with Crippen molar-refractivity contribution in [3.63, 3.8) is 0 Å². The molecule has 1 aliphatic heterocycles. The lowest BCUT2D eigenvalue weighted by molar-refractivity contribution is -0.161. The summed E-state index contributed by atoms with van der Waals surface area (Å²) in [6, 6.07) is -0.496. The Labute approximate surface area is 140 Å². The SMILES string of the molecule is C=CCO[C@@H]1[C@@H](CC2CCCC2)CCCC[C@H](N)C(=O)O[C@H]1C. The van der Waals surface area contributed by atoms with Crippen LogP contribution in [0.25, 0.3) is 0 Å². The molecule has 0 aromatic carbocycles.